The lowest BCUT2D eigenvalue weighted by Crippen LogP contribution is -1.98. The molecule has 0 aliphatic heterocycles. The minimum absolute atomic E-state index is 0.453. The lowest BCUT2D eigenvalue weighted by Gasteiger charge is -2.21. The summed E-state index contributed by atoms with van der Waals surface area (Å²) in [5.74, 6) is 0. The maximum absolute atomic E-state index is 10.7. The molecule has 0 aliphatic carbocycles. The molecular formula is C46H27N3. The van der Waals surface area contributed by atoms with Crippen molar-refractivity contribution >= 4 is 43.4 Å². The monoisotopic (exact) mass is 621 g/mol. The Labute approximate surface area is 283 Å². The molecule has 0 bridgehead atoms. The molecule has 1 heterocycles. The zero-order chi connectivity index (χ0) is 32.9. The average molecular weight is 622 g/mol. The first kappa shape index (κ1) is 28.3. The molecule has 9 rings (SSSR count). The van der Waals surface area contributed by atoms with Crippen molar-refractivity contribution < 1.29 is 0 Å². The van der Waals surface area contributed by atoms with E-state index in [0.717, 1.165) is 66.1 Å². The third-order valence-electron chi connectivity index (χ3n) is 9.62. The maximum Gasteiger partial charge on any atom is 0.0998 e. The number of hydrogen-bond donors (Lipinski definition) is 0. The fraction of sp³-hybridized carbons (Fsp3) is 0. The van der Waals surface area contributed by atoms with Crippen LogP contribution in [0, 0.1) is 22.7 Å². The first-order valence-electron chi connectivity index (χ1n) is 16.3. The summed E-state index contributed by atoms with van der Waals surface area (Å²) in [5, 5.41) is 27.6. The molecule has 49 heavy (non-hydrogen) atoms. The summed E-state index contributed by atoms with van der Waals surface area (Å²) >= 11 is 0. The Bertz CT molecular complexity index is 2740. The van der Waals surface area contributed by atoms with Crippen molar-refractivity contribution in [1.82, 2.24) is 4.57 Å². The van der Waals surface area contributed by atoms with Crippen molar-refractivity contribution in [2.75, 3.05) is 0 Å². The van der Waals surface area contributed by atoms with Gasteiger partial charge in [-0.3, -0.25) is 0 Å². The van der Waals surface area contributed by atoms with Gasteiger partial charge in [-0.05, 0) is 85.8 Å². The van der Waals surface area contributed by atoms with Crippen LogP contribution in [-0.4, -0.2) is 4.57 Å². The molecule has 0 aliphatic rings. The molecule has 0 saturated carbocycles. The summed E-state index contributed by atoms with van der Waals surface area (Å²) in [5.41, 5.74) is 10.1. The molecule has 3 nitrogen and oxygen atoms in total. The first-order chi connectivity index (χ1) is 24.2. The van der Waals surface area contributed by atoms with Crippen LogP contribution in [0.25, 0.3) is 82.4 Å². The Morgan fingerprint density at radius 2 is 0.898 bits per heavy atom. The Morgan fingerprint density at radius 1 is 0.388 bits per heavy atom. The number of fused-ring (bicyclic) bond motifs is 5. The Kier molecular flexibility index (Phi) is 6.58. The van der Waals surface area contributed by atoms with Gasteiger partial charge in [0.25, 0.3) is 0 Å². The molecule has 0 fully saturated rings. The van der Waals surface area contributed by atoms with E-state index in [9.17, 15) is 10.5 Å². The summed E-state index contributed by atoms with van der Waals surface area (Å²) in [6.45, 7) is 0. The molecule has 0 atom stereocenters. The van der Waals surface area contributed by atoms with Crippen molar-refractivity contribution in [3.63, 3.8) is 0 Å². The number of nitrogens with zero attached hydrogens (tertiary/aromatic N) is 3. The van der Waals surface area contributed by atoms with Crippen LogP contribution in [0.15, 0.2) is 164 Å². The Morgan fingerprint density at radius 3 is 1.47 bits per heavy atom. The van der Waals surface area contributed by atoms with Gasteiger partial charge in [0, 0.05) is 22.0 Å². The smallest absolute Gasteiger partial charge is 0.0998 e. The molecule has 0 unspecified atom stereocenters. The van der Waals surface area contributed by atoms with Crippen molar-refractivity contribution in [2.45, 2.75) is 0 Å². The summed E-state index contributed by atoms with van der Waals surface area (Å²) in [7, 11) is 0. The molecule has 1 aromatic heterocycles. The quantitative estimate of drug-likeness (QED) is 0.184. The normalized spacial score (nSPS) is 11.2. The highest BCUT2D eigenvalue weighted by Gasteiger charge is 2.22. The van der Waals surface area contributed by atoms with Crippen LogP contribution in [0.4, 0.5) is 0 Å². The van der Waals surface area contributed by atoms with Crippen LogP contribution in [0.2, 0.25) is 0 Å². The molecular weight excluding hydrogens is 595 g/mol. The fourth-order valence-electron chi connectivity index (χ4n) is 7.64. The van der Waals surface area contributed by atoms with Gasteiger partial charge in [0.2, 0.25) is 0 Å². The van der Waals surface area contributed by atoms with E-state index < -0.39 is 0 Å². The summed E-state index contributed by atoms with van der Waals surface area (Å²) in [6.07, 6.45) is 0. The first-order valence-corrected chi connectivity index (χ1v) is 16.3. The molecule has 226 valence electrons. The third-order valence-corrected chi connectivity index (χ3v) is 9.62. The molecule has 0 saturated heterocycles. The standard InChI is InChI=1S/C46H27N3/c47-28-30-25-33(29-48)44(32-15-12-16-34(27-32)49-42-23-10-8-17-35(42)36-18-9-11-24-43(36)49)41(26-30)46-39-21-6-4-19-37(39)45(31-13-2-1-3-14-31)38-20-5-7-22-40(38)46/h1-27H. The van der Waals surface area contributed by atoms with Crippen LogP contribution in [0.3, 0.4) is 0 Å². The zero-order valence-corrected chi connectivity index (χ0v) is 26.4. The van der Waals surface area contributed by atoms with Crippen molar-refractivity contribution in [3.05, 3.63) is 175 Å². The van der Waals surface area contributed by atoms with Crippen LogP contribution in [0.5, 0.6) is 0 Å². The molecule has 0 spiro atoms. The van der Waals surface area contributed by atoms with Gasteiger partial charge in [0.05, 0.1) is 34.3 Å². The number of aromatic nitrogens is 1. The third kappa shape index (κ3) is 4.42. The summed E-state index contributed by atoms with van der Waals surface area (Å²) in [6, 6.07) is 61.3. The van der Waals surface area contributed by atoms with Crippen LogP contribution in [0.1, 0.15) is 11.1 Å². The van der Waals surface area contributed by atoms with Crippen LogP contribution >= 0.6 is 0 Å². The molecule has 9 aromatic rings. The van der Waals surface area contributed by atoms with Gasteiger partial charge in [-0.1, -0.05) is 127 Å². The highest BCUT2D eigenvalue weighted by atomic mass is 15.0. The van der Waals surface area contributed by atoms with Crippen LogP contribution in [-0.2, 0) is 0 Å². The van der Waals surface area contributed by atoms with Crippen LogP contribution < -0.4 is 0 Å². The topological polar surface area (TPSA) is 52.5 Å². The van der Waals surface area contributed by atoms with Gasteiger partial charge in [0.1, 0.15) is 0 Å². The van der Waals surface area contributed by atoms with E-state index in [2.05, 4.69) is 162 Å². The minimum Gasteiger partial charge on any atom is -0.309 e. The molecule has 3 heteroatoms. The maximum atomic E-state index is 10.7. The number of benzene rings is 8. The minimum atomic E-state index is 0.453. The van der Waals surface area contributed by atoms with E-state index in [1.54, 1.807) is 6.07 Å². The molecule has 0 N–H and O–H groups in total. The fourth-order valence-corrected chi connectivity index (χ4v) is 7.64. The highest BCUT2D eigenvalue weighted by Crippen LogP contribution is 2.47. The van der Waals surface area contributed by atoms with E-state index in [4.69, 9.17) is 0 Å². The molecule has 8 aromatic carbocycles. The van der Waals surface area contributed by atoms with E-state index in [0.29, 0.717) is 11.1 Å². The zero-order valence-electron chi connectivity index (χ0n) is 26.4. The van der Waals surface area contributed by atoms with E-state index >= 15 is 0 Å². The van der Waals surface area contributed by atoms with Crippen molar-refractivity contribution in [2.24, 2.45) is 0 Å². The number of nitriles is 2. The molecule has 0 amide bonds. The number of rotatable bonds is 4. The lowest BCUT2D eigenvalue weighted by molar-refractivity contribution is 1.18. The van der Waals surface area contributed by atoms with Gasteiger partial charge in [-0.15, -0.1) is 0 Å². The largest absolute Gasteiger partial charge is 0.309 e. The second-order valence-corrected chi connectivity index (χ2v) is 12.3. The van der Waals surface area contributed by atoms with E-state index in [-0.39, 0.29) is 0 Å². The lowest BCUT2D eigenvalue weighted by atomic mass is 9.82. The predicted octanol–water partition coefficient (Wildman–Crippen LogP) is 11.8. The van der Waals surface area contributed by atoms with Gasteiger partial charge < -0.3 is 4.57 Å². The highest BCUT2D eigenvalue weighted by molar-refractivity contribution is 6.22. The van der Waals surface area contributed by atoms with Crippen molar-refractivity contribution in [1.29, 1.82) is 10.5 Å². The SMILES string of the molecule is N#Cc1cc(C#N)c(-c2cccc(-n3c4ccccc4c4ccccc43)c2)c(-c2c3ccccc3c(-c3ccccc3)c3ccccc23)c1. The summed E-state index contributed by atoms with van der Waals surface area (Å²) in [4.78, 5) is 0. The Balaban J connectivity index is 1.38. The van der Waals surface area contributed by atoms with Gasteiger partial charge in [0.15, 0.2) is 0 Å². The molecule has 0 radical (unpaired) electrons. The predicted molar refractivity (Wildman–Crippen MR) is 202 cm³/mol. The van der Waals surface area contributed by atoms with Gasteiger partial charge in [-0.2, -0.15) is 10.5 Å². The van der Waals surface area contributed by atoms with Crippen molar-refractivity contribution in [3.8, 4) is 51.2 Å². The van der Waals surface area contributed by atoms with Gasteiger partial charge >= 0.3 is 0 Å². The number of para-hydroxylation sites is 2. The Hall–Kier alpha value is -6.94. The van der Waals surface area contributed by atoms with E-state index in [1.807, 2.05) is 12.1 Å². The van der Waals surface area contributed by atoms with E-state index in [1.165, 1.54) is 16.3 Å². The second kappa shape index (κ2) is 11.4. The average Bonchev–Trinajstić information content (AvgIpc) is 3.51. The summed E-state index contributed by atoms with van der Waals surface area (Å²) < 4.78 is 2.29. The second-order valence-electron chi connectivity index (χ2n) is 12.3. The van der Waals surface area contributed by atoms with Gasteiger partial charge in [-0.25, -0.2) is 0 Å². The number of hydrogen-bond acceptors (Lipinski definition) is 2.